The molecule has 0 aliphatic rings. The van der Waals surface area contributed by atoms with E-state index in [-0.39, 0.29) is 17.6 Å². The summed E-state index contributed by atoms with van der Waals surface area (Å²) in [5.41, 5.74) is 1.05. The second-order valence-corrected chi connectivity index (χ2v) is 6.28. The largest absolute Gasteiger partial charge is 0.207 e. The maximum atomic E-state index is 14.1. The van der Waals surface area contributed by atoms with Gasteiger partial charge in [-0.25, -0.2) is 4.39 Å². The Labute approximate surface area is 137 Å². The minimum atomic E-state index is -0.602. The van der Waals surface area contributed by atoms with Crippen LogP contribution in [0.2, 0.25) is 0 Å². The van der Waals surface area contributed by atoms with E-state index in [0.29, 0.717) is 12.0 Å². The van der Waals surface area contributed by atoms with E-state index in [1.807, 2.05) is 30.3 Å². The summed E-state index contributed by atoms with van der Waals surface area (Å²) in [5.74, 6) is 0.275. The molecule has 0 heterocycles. The summed E-state index contributed by atoms with van der Waals surface area (Å²) < 4.78 is 15.1. The topological polar surface area (TPSA) is 0 Å². The summed E-state index contributed by atoms with van der Waals surface area (Å²) in [6.07, 6.45) is 0.598. The highest BCUT2D eigenvalue weighted by molar-refractivity contribution is 9.10. The third-order valence-electron chi connectivity index (χ3n) is 3.39. The van der Waals surface area contributed by atoms with E-state index in [2.05, 4.69) is 15.9 Å². The highest BCUT2D eigenvalue weighted by atomic mass is 79.9. The normalized spacial score (nSPS) is 11.6. The van der Waals surface area contributed by atoms with Crippen LogP contribution < -0.4 is 0 Å². The summed E-state index contributed by atoms with van der Waals surface area (Å²) in [6, 6.07) is 14.6. The van der Waals surface area contributed by atoms with Gasteiger partial charge in [0.1, 0.15) is 5.82 Å². The van der Waals surface area contributed by atoms with Crippen molar-refractivity contribution in [2.24, 2.45) is 0 Å². The quantitative estimate of drug-likeness (QED) is 0.601. The lowest BCUT2D eigenvalue weighted by Gasteiger charge is -2.30. The van der Waals surface area contributed by atoms with Gasteiger partial charge < -0.3 is 0 Å². The molecule has 0 radical (unpaired) electrons. The Kier molecular flexibility index (Phi) is 5.48. The Bertz CT molecular complexity index is 582. The molecule has 0 fully saturated rings. The van der Waals surface area contributed by atoms with E-state index >= 15 is 0 Å². The van der Waals surface area contributed by atoms with Crippen molar-refractivity contribution >= 4 is 39.1 Å². The molecule has 2 rings (SSSR count). The monoisotopic (exact) mass is 374 g/mol. The van der Waals surface area contributed by atoms with Crippen molar-refractivity contribution in [3.63, 3.8) is 0 Å². The molecule has 0 aliphatic heterocycles. The molecule has 0 nitrogen and oxygen atoms in total. The fourth-order valence-corrected chi connectivity index (χ4v) is 3.51. The van der Waals surface area contributed by atoms with Crippen LogP contribution in [-0.2, 0) is 11.8 Å². The van der Waals surface area contributed by atoms with E-state index in [9.17, 15) is 4.39 Å². The minimum absolute atomic E-state index is 0.260. The predicted molar refractivity (Wildman–Crippen MR) is 87.4 cm³/mol. The van der Waals surface area contributed by atoms with E-state index < -0.39 is 5.41 Å². The van der Waals surface area contributed by atoms with Gasteiger partial charge in [0.2, 0.25) is 0 Å². The van der Waals surface area contributed by atoms with Crippen LogP contribution in [0, 0.1) is 5.82 Å². The number of halogens is 4. The molecular formula is C16H14BrCl2F. The van der Waals surface area contributed by atoms with Gasteiger partial charge in [-0.1, -0.05) is 46.3 Å². The van der Waals surface area contributed by atoms with Crippen LogP contribution in [0.4, 0.5) is 4.39 Å². The predicted octanol–water partition coefficient (Wildman–Crippen LogP) is 5.55. The lowest BCUT2D eigenvalue weighted by molar-refractivity contribution is 0.491. The fraction of sp³-hybridized carbons (Fsp3) is 0.250. The standard InChI is InChI=1S/C16H14BrCl2F/c17-13-5-3-4-12(8-13)9-16(10-18,11-19)14-6-1-2-7-15(14)20/h1-8H,9-11H2. The molecule has 2 aromatic rings. The van der Waals surface area contributed by atoms with Crippen molar-refractivity contribution < 1.29 is 4.39 Å². The van der Waals surface area contributed by atoms with Gasteiger partial charge in [0.05, 0.1) is 0 Å². The third kappa shape index (κ3) is 3.36. The molecule has 0 N–H and O–H groups in total. The Morgan fingerprint density at radius 2 is 1.70 bits per heavy atom. The van der Waals surface area contributed by atoms with Crippen LogP contribution in [0.1, 0.15) is 11.1 Å². The first-order chi connectivity index (χ1) is 9.61. The summed E-state index contributed by atoms with van der Waals surface area (Å²) >= 11 is 15.8. The highest BCUT2D eigenvalue weighted by Crippen LogP contribution is 2.33. The van der Waals surface area contributed by atoms with Gasteiger partial charge in [-0.2, -0.15) is 0 Å². The maximum Gasteiger partial charge on any atom is 0.127 e. The molecule has 4 heteroatoms. The summed E-state index contributed by atoms with van der Waals surface area (Å²) in [7, 11) is 0. The number of alkyl halides is 2. The van der Waals surface area contributed by atoms with Gasteiger partial charge in [-0.3, -0.25) is 0 Å². The van der Waals surface area contributed by atoms with Crippen LogP contribution in [-0.4, -0.2) is 11.8 Å². The lowest BCUT2D eigenvalue weighted by Crippen LogP contribution is -2.34. The Morgan fingerprint density at radius 3 is 2.30 bits per heavy atom. The molecule has 0 spiro atoms. The van der Waals surface area contributed by atoms with Crippen molar-refractivity contribution in [2.75, 3.05) is 11.8 Å². The lowest BCUT2D eigenvalue weighted by atomic mass is 9.78. The first kappa shape index (κ1) is 15.8. The molecule has 0 aromatic heterocycles. The van der Waals surface area contributed by atoms with Crippen LogP contribution >= 0.6 is 39.1 Å². The second-order valence-electron chi connectivity index (χ2n) is 4.83. The maximum absolute atomic E-state index is 14.1. The van der Waals surface area contributed by atoms with Gasteiger partial charge in [0.25, 0.3) is 0 Å². The number of hydrogen-bond acceptors (Lipinski definition) is 0. The average Bonchev–Trinajstić information content (AvgIpc) is 2.46. The van der Waals surface area contributed by atoms with Crippen LogP contribution in [0.3, 0.4) is 0 Å². The average molecular weight is 376 g/mol. The van der Waals surface area contributed by atoms with Crippen LogP contribution in [0.25, 0.3) is 0 Å². The van der Waals surface area contributed by atoms with E-state index in [1.54, 1.807) is 12.1 Å². The van der Waals surface area contributed by atoms with Crippen molar-refractivity contribution in [3.05, 3.63) is 69.9 Å². The Balaban J connectivity index is 2.42. The molecular weight excluding hydrogens is 362 g/mol. The smallest absolute Gasteiger partial charge is 0.127 e. The molecule has 0 bridgehead atoms. The third-order valence-corrected chi connectivity index (χ3v) is 4.90. The molecule has 0 saturated carbocycles. The first-order valence-electron chi connectivity index (χ1n) is 6.23. The SMILES string of the molecule is Fc1ccccc1C(CCl)(CCl)Cc1cccc(Br)c1. The zero-order valence-electron chi connectivity index (χ0n) is 10.8. The number of benzene rings is 2. The second kappa shape index (κ2) is 6.93. The molecule has 106 valence electrons. The molecule has 2 aromatic carbocycles. The molecule has 0 amide bonds. The van der Waals surface area contributed by atoms with Gasteiger partial charge in [0.15, 0.2) is 0 Å². The van der Waals surface area contributed by atoms with Crippen LogP contribution in [0.15, 0.2) is 53.0 Å². The van der Waals surface area contributed by atoms with Crippen molar-refractivity contribution in [1.82, 2.24) is 0 Å². The number of rotatable bonds is 5. The van der Waals surface area contributed by atoms with Gasteiger partial charge in [0, 0.05) is 21.6 Å². The van der Waals surface area contributed by atoms with E-state index in [4.69, 9.17) is 23.2 Å². The van der Waals surface area contributed by atoms with Crippen molar-refractivity contribution in [3.8, 4) is 0 Å². The van der Waals surface area contributed by atoms with Gasteiger partial charge >= 0.3 is 0 Å². The summed E-state index contributed by atoms with van der Waals surface area (Å²) in [4.78, 5) is 0. The highest BCUT2D eigenvalue weighted by Gasteiger charge is 2.33. The fourth-order valence-electron chi connectivity index (χ4n) is 2.30. The summed E-state index contributed by atoms with van der Waals surface area (Å²) in [5, 5.41) is 0. The molecule has 0 aliphatic carbocycles. The zero-order chi connectivity index (χ0) is 14.6. The van der Waals surface area contributed by atoms with Gasteiger partial charge in [-0.05, 0) is 35.7 Å². The Morgan fingerprint density at radius 1 is 1.00 bits per heavy atom. The zero-order valence-corrected chi connectivity index (χ0v) is 13.8. The van der Waals surface area contributed by atoms with Crippen LogP contribution in [0.5, 0.6) is 0 Å². The first-order valence-corrected chi connectivity index (χ1v) is 8.09. The summed E-state index contributed by atoms with van der Waals surface area (Å²) in [6.45, 7) is 0. The molecule has 20 heavy (non-hydrogen) atoms. The number of hydrogen-bond donors (Lipinski definition) is 0. The van der Waals surface area contributed by atoms with E-state index in [1.165, 1.54) is 6.07 Å². The molecule has 0 atom stereocenters. The molecule has 0 saturated heterocycles. The van der Waals surface area contributed by atoms with E-state index in [0.717, 1.165) is 10.0 Å². The Hall–Kier alpha value is -0.570. The van der Waals surface area contributed by atoms with Crippen molar-refractivity contribution in [2.45, 2.75) is 11.8 Å². The minimum Gasteiger partial charge on any atom is -0.207 e. The van der Waals surface area contributed by atoms with Crippen molar-refractivity contribution in [1.29, 1.82) is 0 Å². The van der Waals surface area contributed by atoms with Gasteiger partial charge in [-0.15, -0.1) is 23.2 Å². The molecule has 0 unspecified atom stereocenters.